The number of hydrogen-bond acceptors (Lipinski definition) is 4. The van der Waals surface area contributed by atoms with Crippen molar-refractivity contribution >= 4 is 17.5 Å². The van der Waals surface area contributed by atoms with Crippen LogP contribution >= 0.6 is 0 Å². The second-order valence-corrected chi connectivity index (χ2v) is 8.50. The predicted molar refractivity (Wildman–Crippen MR) is 125 cm³/mol. The van der Waals surface area contributed by atoms with Gasteiger partial charge in [0.25, 0.3) is 11.8 Å². The van der Waals surface area contributed by atoms with Crippen molar-refractivity contribution in [1.29, 1.82) is 0 Å². The number of pyridine rings is 1. The number of nitrogens with two attached hydrogens (primary N) is 1. The summed E-state index contributed by atoms with van der Waals surface area (Å²) in [5.74, 6) is -2.38. The van der Waals surface area contributed by atoms with Gasteiger partial charge in [-0.25, -0.2) is 8.78 Å². The number of benzene rings is 2. The first-order valence-corrected chi connectivity index (χ1v) is 11.2. The number of nitrogens with zero attached hydrogens (tertiary/aromatic N) is 2. The minimum atomic E-state index is -0.808. The molecule has 1 fully saturated rings. The van der Waals surface area contributed by atoms with Crippen LogP contribution < -0.4 is 11.1 Å². The van der Waals surface area contributed by atoms with Crippen molar-refractivity contribution in [3.8, 4) is 0 Å². The molecule has 176 valence electrons. The molecule has 0 radical (unpaired) electrons. The summed E-state index contributed by atoms with van der Waals surface area (Å²) < 4.78 is 27.7. The maximum absolute atomic E-state index is 13.8. The van der Waals surface area contributed by atoms with Crippen LogP contribution in [0.3, 0.4) is 0 Å². The van der Waals surface area contributed by atoms with E-state index in [0.29, 0.717) is 17.7 Å². The van der Waals surface area contributed by atoms with Crippen LogP contribution in [-0.2, 0) is 6.54 Å². The van der Waals surface area contributed by atoms with Gasteiger partial charge in [-0.1, -0.05) is 25.0 Å². The molecule has 2 aromatic carbocycles. The summed E-state index contributed by atoms with van der Waals surface area (Å²) >= 11 is 0. The molecule has 1 aliphatic carbocycles. The molecule has 2 amide bonds. The van der Waals surface area contributed by atoms with Crippen molar-refractivity contribution in [2.24, 2.45) is 5.73 Å². The number of carbonyl (C=O) groups excluding carboxylic acids is 2. The quantitative estimate of drug-likeness (QED) is 0.561. The van der Waals surface area contributed by atoms with Crippen molar-refractivity contribution < 1.29 is 18.4 Å². The molecule has 1 saturated carbocycles. The average Bonchev–Trinajstić information content (AvgIpc) is 2.83. The largest absolute Gasteiger partial charge is 0.330 e. The third-order valence-corrected chi connectivity index (χ3v) is 6.03. The van der Waals surface area contributed by atoms with E-state index in [-0.39, 0.29) is 30.1 Å². The second-order valence-electron chi connectivity index (χ2n) is 8.50. The van der Waals surface area contributed by atoms with E-state index in [1.807, 2.05) is 6.07 Å². The third kappa shape index (κ3) is 5.63. The van der Waals surface area contributed by atoms with Gasteiger partial charge >= 0.3 is 0 Å². The topological polar surface area (TPSA) is 88.3 Å². The van der Waals surface area contributed by atoms with Crippen molar-refractivity contribution in [3.63, 3.8) is 0 Å². The molecule has 6 nitrogen and oxygen atoms in total. The summed E-state index contributed by atoms with van der Waals surface area (Å²) in [7, 11) is 0. The van der Waals surface area contributed by atoms with Crippen molar-refractivity contribution in [3.05, 3.63) is 95.3 Å². The van der Waals surface area contributed by atoms with Crippen LogP contribution in [0.4, 0.5) is 14.5 Å². The van der Waals surface area contributed by atoms with Gasteiger partial charge in [0.1, 0.15) is 11.6 Å². The van der Waals surface area contributed by atoms with Crippen LogP contribution in [0.2, 0.25) is 0 Å². The Morgan fingerprint density at radius 1 is 0.971 bits per heavy atom. The number of halogens is 2. The Hall–Kier alpha value is -3.65. The van der Waals surface area contributed by atoms with Crippen LogP contribution in [0.25, 0.3) is 0 Å². The van der Waals surface area contributed by atoms with Crippen LogP contribution in [0.15, 0.2) is 67.0 Å². The number of carbonyl (C=O) groups is 2. The van der Waals surface area contributed by atoms with Gasteiger partial charge in [0, 0.05) is 53.9 Å². The number of nitrogens with one attached hydrogen (secondary N) is 1. The highest BCUT2D eigenvalue weighted by atomic mass is 19.1. The summed E-state index contributed by atoms with van der Waals surface area (Å²) in [6, 6.07) is 12.7. The third-order valence-electron chi connectivity index (χ3n) is 6.03. The van der Waals surface area contributed by atoms with Gasteiger partial charge in [-0.3, -0.25) is 14.6 Å². The molecule has 8 heteroatoms. The lowest BCUT2D eigenvalue weighted by atomic mass is 9.89. The lowest BCUT2D eigenvalue weighted by Crippen LogP contribution is -2.51. The summed E-state index contributed by atoms with van der Waals surface area (Å²) in [4.78, 5) is 31.4. The molecule has 1 aliphatic rings. The number of hydrogen-bond donors (Lipinski definition) is 2. The Labute approximate surface area is 196 Å². The van der Waals surface area contributed by atoms with Gasteiger partial charge in [-0.15, -0.1) is 0 Å². The van der Waals surface area contributed by atoms with Crippen LogP contribution in [-0.4, -0.2) is 33.8 Å². The predicted octanol–water partition coefficient (Wildman–Crippen LogP) is 4.52. The Bertz CT molecular complexity index is 1150. The number of amides is 2. The molecule has 4 rings (SSSR count). The van der Waals surface area contributed by atoms with E-state index in [0.717, 1.165) is 43.0 Å². The first-order valence-electron chi connectivity index (χ1n) is 11.2. The molecular formula is C26H26F2N4O2. The molecule has 2 atom stereocenters. The SMILES string of the molecule is NC1CCCCC1N(Cc1cccc(NC(=O)c2ccncc2)c1)C(=O)c1cc(F)cc(F)c1. The molecule has 0 spiro atoms. The minimum Gasteiger partial charge on any atom is -0.330 e. The Kier molecular flexibility index (Phi) is 7.27. The van der Waals surface area contributed by atoms with Crippen LogP contribution in [0.1, 0.15) is 52.0 Å². The van der Waals surface area contributed by atoms with E-state index in [1.54, 1.807) is 35.2 Å². The zero-order valence-corrected chi connectivity index (χ0v) is 18.6. The summed E-state index contributed by atoms with van der Waals surface area (Å²) in [5.41, 5.74) is 8.10. The van der Waals surface area contributed by atoms with Gasteiger partial charge in [0.2, 0.25) is 0 Å². The maximum atomic E-state index is 13.8. The monoisotopic (exact) mass is 464 g/mol. The van der Waals surface area contributed by atoms with Gasteiger partial charge in [0.15, 0.2) is 0 Å². The smallest absolute Gasteiger partial charge is 0.255 e. The van der Waals surface area contributed by atoms with E-state index in [9.17, 15) is 18.4 Å². The molecule has 34 heavy (non-hydrogen) atoms. The van der Waals surface area contributed by atoms with E-state index in [2.05, 4.69) is 10.3 Å². The fourth-order valence-electron chi connectivity index (χ4n) is 4.36. The second kappa shape index (κ2) is 10.5. The van der Waals surface area contributed by atoms with Crippen molar-refractivity contribution in [2.45, 2.75) is 44.3 Å². The van der Waals surface area contributed by atoms with Crippen LogP contribution in [0, 0.1) is 11.6 Å². The zero-order chi connectivity index (χ0) is 24.1. The van der Waals surface area contributed by atoms with Crippen molar-refractivity contribution in [2.75, 3.05) is 5.32 Å². The molecule has 3 aromatic rings. The minimum absolute atomic E-state index is 0.0579. The molecule has 0 saturated heterocycles. The van der Waals surface area contributed by atoms with E-state index in [4.69, 9.17) is 5.73 Å². The summed E-state index contributed by atoms with van der Waals surface area (Å²) in [6.07, 6.45) is 6.46. The molecule has 1 heterocycles. The molecular weight excluding hydrogens is 438 g/mol. The van der Waals surface area contributed by atoms with E-state index in [1.165, 1.54) is 12.4 Å². The number of aromatic nitrogens is 1. The standard InChI is InChI=1S/C26H26F2N4O2/c27-20-13-19(14-21(28)15-20)26(34)32(24-7-2-1-6-23(24)29)16-17-4-3-5-22(12-17)31-25(33)18-8-10-30-11-9-18/h3-5,8-15,23-24H,1-2,6-7,16,29H2,(H,31,33). The first-order chi connectivity index (χ1) is 16.4. The summed E-state index contributed by atoms with van der Waals surface area (Å²) in [6.45, 7) is 0.189. The van der Waals surface area contributed by atoms with E-state index < -0.39 is 17.5 Å². The van der Waals surface area contributed by atoms with Gasteiger partial charge in [0.05, 0.1) is 0 Å². The fourth-order valence-corrected chi connectivity index (χ4v) is 4.36. The Balaban J connectivity index is 1.59. The molecule has 1 aromatic heterocycles. The van der Waals surface area contributed by atoms with Crippen molar-refractivity contribution in [1.82, 2.24) is 9.88 Å². The highest BCUT2D eigenvalue weighted by molar-refractivity contribution is 6.04. The lowest BCUT2D eigenvalue weighted by Gasteiger charge is -2.38. The highest BCUT2D eigenvalue weighted by Gasteiger charge is 2.32. The molecule has 3 N–H and O–H groups in total. The molecule has 2 unspecified atom stereocenters. The normalized spacial score (nSPS) is 17.7. The number of rotatable bonds is 6. The highest BCUT2D eigenvalue weighted by Crippen LogP contribution is 2.26. The molecule has 0 aliphatic heterocycles. The number of anilines is 1. The van der Waals surface area contributed by atoms with Gasteiger partial charge in [-0.2, -0.15) is 0 Å². The summed E-state index contributed by atoms with van der Waals surface area (Å²) in [5, 5.41) is 2.84. The lowest BCUT2D eigenvalue weighted by molar-refractivity contribution is 0.0582. The Morgan fingerprint density at radius 3 is 2.38 bits per heavy atom. The zero-order valence-electron chi connectivity index (χ0n) is 18.6. The van der Waals surface area contributed by atoms with Crippen LogP contribution in [0.5, 0.6) is 0 Å². The van der Waals surface area contributed by atoms with E-state index >= 15 is 0 Å². The first kappa shape index (κ1) is 23.5. The van der Waals surface area contributed by atoms with Gasteiger partial charge < -0.3 is 16.0 Å². The Morgan fingerprint density at radius 2 is 1.68 bits per heavy atom. The fraction of sp³-hybridized carbons (Fsp3) is 0.269. The average molecular weight is 465 g/mol. The maximum Gasteiger partial charge on any atom is 0.255 e. The molecule has 0 bridgehead atoms. The van der Waals surface area contributed by atoms with Gasteiger partial charge in [-0.05, 0) is 54.8 Å².